The highest BCUT2D eigenvalue weighted by Gasteiger charge is 2.28. The van der Waals surface area contributed by atoms with Crippen LogP contribution in [0.5, 0.6) is 0 Å². The van der Waals surface area contributed by atoms with Crippen molar-refractivity contribution in [1.82, 2.24) is 14.5 Å². The molecule has 3 rings (SSSR count). The van der Waals surface area contributed by atoms with Crippen LogP contribution in [0.2, 0.25) is 0 Å². The maximum atomic E-state index is 12.7. The molecule has 1 saturated heterocycles. The van der Waals surface area contributed by atoms with Gasteiger partial charge in [0.15, 0.2) is 0 Å². The number of rotatable bonds is 7. The second kappa shape index (κ2) is 9.33. The third-order valence-electron chi connectivity index (χ3n) is 5.05. The Morgan fingerprint density at radius 3 is 2.33 bits per heavy atom. The van der Waals surface area contributed by atoms with Crippen molar-refractivity contribution in [3.8, 4) is 0 Å². The number of hydrogen-bond donors (Lipinski definition) is 1. The van der Waals surface area contributed by atoms with Crippen LogP contribution in [0.25, 0.3) is 0 Å². The molecule has 10 heteroatoms. The second-order valence-electron chi connectivity index (χ2n) is 7.09. The third kappa shape index (κ3) is 5.02. The van der Waals surface area contributed by atoms with E-state index in [9.17, 15) is 23.3 Å². The Kier molecular flexibility index (Phi) is 6.80. The summed E-state index contributed by atoms with van der Waals surface area (Å²) in [6, 6.07) is 12.6. The maximum absolute atomic E-state index is 12.7. The van der Waals surface area contributed by atoms with E-state index in [1.807, 2.05) is 6.92 Å². The average molecular weight is 433 g/mol. The van der Waals surface area contributed by atoms with Crippen molar-refractivity contribution < 1.29 is 18.1 Å². The lowest BCUT2D eigenvalue weighted by molar-refractivity contribution is -0.385. The Labute approximate surface area is 175 Å². The molecule has 1 amide bonds. The van der Waals surface area contributed by atoms with Gasteiger partial charge in [-0.1, -0.05) is 29.8 Å². The molecule has 0 radical (unpaired) electrons. The van der Waals surface area contributed by atoms with Gasteiger partial charge < -0.3 is 5.32 Å². The molecule has 2 aromatic rings. The van der Waals surface area contributed by atoms with Crippen LogP contribution in [-0.2, 0) is 10.0 Å². The topological polar surface area (TPSA) is 113 Å². The second-order valence-corrected chi connectivity index (χ2v) is 9.03. The third-order valence-corrected chi connectivity index (χ3v) is 6.96. The standard InChI is InChI=1S/C20H24N4O5S/c1-16-6-8-17(9-7-16)30(28,29)23-14-12-22(13-15-23)11-10-21-20(25)18-4-2-3-5-19(18)24(26)27/h2-9H,10-15H2,1H3,(H,21,25). The molecule has 0 aliphatic carbocycles. The first-order chi connectivity index (χ1) is 14.3. The monoisotopic (exact) mass is 432 g/mol. The fraction of sp³-hybridized carbons (Fsp3) is 0.350. The summed E-state index contributed by atoms with van der Waals surface area (Å²) in [5.74, 6) is -0.497. The fourth-order valence-electron chi connectivity index (χ4n) is 3.30. The predicted octanol–water partition coefficient (Wildman–Crippen LogP) is 1.64. The summed E-state index contributed by atoms with van der Waals surface area (Å²) in [5, 5.41) is 13.7. The first-order valence-electron chi connectivity index (χ1n) is 9.60. The van der Waals surface area contributed by atoms with Gasteiger partial charge in [-0.05, 0) is 25.1 Å². The van der Waals surface area contributed by atoms with Crippen LogP contribution in [0.15, 0.2) is 53.4 Å². The summed E-state index contributed by atoms with van der Waals surface area (Å²) in [6.07, 6.45) is 0. The number of benzene rings is 2. The van der Waals surface area contributed by atoms with Crippen molar-refractivity contribution in [1.29, 1.82) is 0 Å². The number of amides is 1. The maximum Gasteiger partial charge on any atom is 0.282 e. The minimum absolute atomic E-state index is 0.0245. The molecular formula is C20H24N4O5S. The van der Waals surface area contributed by atoms with E-state index in [4.69, 9.17) is 0 Å². The highest BCUT2D eigenvalue weighted by atomic mass is 32.2. The zero-order valence-electron chi connectivity index (χ0n) is 16.7. The van der Waals surface area contributed by atoms with E-state index in [2.05, 4.69) is 10.2 Å². The van der Waals surface area contributed by atoms with Gasteiger partial charge in [-0.2, -0.15) is 4.31 Å². The lowest BCUT2D eigenvalue weighted by atomic mass is 10.1. The highest BCUT2D eigenvalue weighted by molar-refractivity contribution is 7.89. The normalized spacial score (nSPS) is 15.6. The molecule has 0 atom stereocenters. The number of nitrogens with zero attached hydrogens (tertiary/aromatic N) is 3. The van der Waals surface area contributed by atoms with Gasteiger partial charge >= 0.3 is 0 Å². The van der Waals surface area contributed by atoms with E-state index in [1.165, 1.54) is 22.5 Å². The van der Waals surface area contributed by atoms with Gasteiger partial charge in [0.05, 0.1) is 9.82 Å². The summed E-state index contributed by atoms with van der Waals surface area (Å²) < 4.78 is 27.0. The zero-order chi connectivity index (χ0) is 21.7. The summed E-state index contributed by atoms with van der Waals surface area (Å²) in [7, 11) is -3.51. The first kappa shape index (κ1) is 21.9. The van der Waals surface area contributed by atoms with E-state index in [0.29, 0.717) is 44.2 Å². The fourth-order valence-corrected chi connectivity index (χ4v) is 4.72. The zero-order valence-corrected chi connectivity index (χ0v) is 17.5. The Morgan fingerprint density at radius 2 is 1.70 bits per heavy atom. The van der Waals surface area contributed by atoms with Crippen molar-refractivity contribution in [2.24, 2.45) is 0 Å². The molecule has 2 aromatic carbocycles. The summed E-state index contributed by atoms with van der Waals surface area (Å²) in [6.45, 7) is 4.59. The summed E-state index contributed by atoms with van der Waals surface area (Å²) in [5.41, 5.74) is 0.795. The van der Waals surface area contributed by atoms with Gasteiger partial charge in [0.1, 0.15) is 5.56 Å². The highest BCUT2D eigenvalue weighted by Crippen LogP contribution is 2.19. The minimum atomic E-state index is -3.51. The van der Waals surface area contributed by atoms with Crippen LogP contribution in [0.4, 0.5) is 5.69 Å². The molecule has 1 aliphatic rings. The van der Waals surface area contributed by atoms with Crippen LogP contribution in [-0.4, -0.2) is 67.7 Å². The van der Waals surface area contributed by atoms with Gasteiger partial charge in [-0.15, -0.1) is 0 Å². The predicted molar refractivity (Wildman–Crippen MR) is 112 cm³/mol. The number of piperazine rings is 1. The van der Waals surface area contributed by atoms with E-state index >= 15 is 0 Å². The Morgan fingerprint density at radius 1 is 1.07 bits per heavy atom. The molecule has 160 valence electrons. The first-order valence-corrected chi connectivity index (χ1v) is 11.0. The number of hydrogen-bond acceptors (Lipinski definition) is 6. The quantitative estimate of drug-likeness (QED) is 0.526. The van der Waals surface area contributed by atoms with Crippen LogP contribution in [0.3, 0.4) is 0 Å². The number of sulfonamides is 1. The molecule has 0 aromatic heterocycles. The summed E-state index contributed by atoms with van der Waals surface area (Å²) in [4.78, 5) is 25.1. The molecule has 0 spiro atoms. The Balaban J connectivity index is 1.49. The van der Waals surface area contributed by atoms with Crippen LogP contribution >= 0.6 is 0 Å². The number of aryl methyl sites for hydroxylation is 1. The lowest BCUT2D eigenvalue weighted by Crippen LogP contribution is -2.50. The van der Waals surface area contributed by atoms with Gasteiger partial charge in [0, 0.05) is 45.3 Å². The number of nitro benzene ring substituents is 1. The van der Waals surface area contributed by atoms with Gasteiger partial charge in [0.25, 0.3) is 11.6 Å². The molecule has 0 saturated carbocycles. The van der Waals surface area contributed by atoms with Gasteiger partial charge in [-0.25, -0.2) is 8.42 Å². The molecule has 1 N–H and O–H groups in total. The SMILES string of the molecule is Cc1ccc(S(=O)(=O)N2CCN(CCNC(=O)c3ccccc3[N+](=O)[O-])CC2)cc1. The molecule has 1 fully saturated rings. The number of nitrogens with one attached hydrogen (secondary N) is 1. The number of carbonyl (C=O) groups is 1. The van der Waals surface area contributed by atoms with Crippen LogP contribution < -0.4 is 5.32 Å². The molecule has 1 aliphatic heterocycles. The van der Waals surface area contributed by atoms with Gasteiger partial charge in [-0.3, -0.25) is 19.8 Å². The Hall–Kier alpha value is -2.82. The van der Waals surface area contributed by atoms with E-state index < -0.39 is 20.9 Å². The molecule has 0 unspecified atom stereocenters. The minimum Gasteiger partial charge on any atom is -0.351 e. The van der Waals surface area contributed by atoms with Crippen molar-refractivity contribution >= 4 is 21.6 Å². The summed E-state index contributed by atoms with van der Waals surface area (Å²) >= 11 is 0. The van der Waals surface area contributed by atoms with E-state index in [1.54, 1.807) is 30.3 Å². The van der Waals surface area contributed by atoms with E-state index in [-0.39, 0.29) is 11.3 Å². The smallest absolute Gasteiger partial charge is 0.282 e. The largest absolute Gasteiger partial charge is 0.351 e. The lowest BCUT2D eigenvalue weighted by Gasteiger charge is -2.34. The molecule has 30 heavy (non-hydrogen) atoms. The van der Waals surface area contributed by atoms with E-state index in [0.717, 1.165) is 5.56 Å². The van der Waals surface area contributed by atoms with Crippen molar-refractivity contribution in [3.05, 3.63) is 69.8 Å². The number of carbonyl (C=O) groups excluding carboxylic acids is 1. The Bertz CT molecular complexity index is 1020. The molecule has 9 nitrogen and oxygen atoms in total. The van der Waals surface area contributed by atoms with Crippen molar-refractivity contribution in [2.45, 2.75) is 11.8 Å². The molecule has 0 bridgehead atoms. The van der Waals surface area contributed by atoms with Crippen molar-refractivity contribution in [2.75, 3.05) is 39.3 Å². The van der Waals surface area contributed by atoms with Crippen molar-refractivity contribution in [3.63, 3.8) is 0 Å². The average Bonchev–Trinajstić information content (AvgIpc) is 2.74. The molecule has 1 heterocycles. The molecular weight excluding hydrogens is 408 g/mol. The number of para-hydroxylation sites is 1. The van der Waals surface area contributed by atoms with Gasteiger partial charge in [0.2, 0.25) is 10.0 Å². The van der Waals surface area contributed by atoms with Crippen LogP contribution in [0.1, 0.15) is 15.9 Å². The number of nitro groups is 1. The van der Waals surface area contributed by atoms with Crippen LogP contribution in [0, 0.1) is 17.0 Å².